The lowest BCUT2D eigenvalue weighted by Crippen LogP contribution is -1.98. The summed E-state index contributed by atoms with van der Waals surface area (Å²) >= 11 is 0. The number of imidazole rings is 1. The molecule has 1 heterocycles. The van der Waals surface area contributed by atoms with Gasteiger partial charge in [0, 0.05) is 6.07 Å². The Morgan fingerprint density at radius 1 is 1.00 bits per heavy atom. The molecule has 4 nitrogen and oxygen atoms in total. The monoisotopic (exact) mass is 306 g/mol. The summed E-state index contributed by atoms with van der Waals surface area (Å²) in [6.45, 7) is 8.21. The van der Waals surface area contributed by atoms with Gasteiger partial charge in [0.05, 0.1) is 16.6 Å². The standard InChI is InChI=1S/C19H18N2O2/c1-3-11-22-14-9-10-15(18(13-14)23-12-4-2)19-20-16-7-5-6-8-17(16)21-19/h3-10,13H,1-2,11-12H2,(H,20,21). The van der Waals surface area contributed by atoms with Gasteiger partial charge in [-0.25, -0.2) is 4.98 Å². The number of benzene rings is 2. The van der Waals surface area contributed by atoms with Crippen molar-refractivity contribution < 1.29 is 9.47 Å². The lowest BCUT2D eigenvalue weighted by Gasteiger charge is -2.11. The molecule has 3 aromatic rings. The van der Waals surface area contributed by atoms with E-state index in [-0.39, 0.29) is 0 Å². The van der Waals surface area contributed by atoms with Gasteiger partial charge < -0.3 is 14.5 Å². The second-order valence-corrected chi connectivity index (χ2v) is 4.96. The number of nitrogens with one attached hydrogen (secondary N) is 1. The van der Waals surface area contributed by atoms with E-state index in [1.807, 2.05) is 42.5 Å². The predicted octanol–water partition coefficient (Wildman–Crippen LogP) is 4.36. The smallest absolute Gasteiger partial charge is 0.142 e. The first-order chi connectivity index (χ1) is 11.3. The minimum absolute atomic E-state index is 0.415. The van der Waals surface area contributed by atoms with Crippen LogP contribution in [0.15, 0.2) is 67.8 Å². The minimum Gasteiger partial charge on any atom is -0.489 e. The average Bonchev–Trinajstić information content (AvgIpc) is 3.02. The summed E-state index contributed by atoms with van der Waals surface area (Å²) in [4.78, 5) is 7.94. The van der Waals surface area contributed by atoms with Gasteiger partial charge >= 0.3 is 0 Å². The fourth-order valence-corrected chi connectivity index (χ4v) is 2.29. The third-order valence-electron chi connectivity index (χ3n) is 3.32. The van der Waals surface area contributed by atoms with Crippen molar-refractivity contribution in [3.8, 4) is 22.9 Å². The summed E-state index contributed by atoms with van der Waals surface area (Å²) < 4.78 is 11.3. The van der Waals surface area contributed by atoms with Crippen LogP contribution < -0.4 is 9.47 Å². The molecule has 2 aromatic carbocycles. The summed E-state index contributed by atoms with van der Waals surface area (Å²) in [5, 5.41) is 0. The SMILES string of the molecule is C=CCOc1ccc(-c2nc3ccccc3[nH]2)c(OCC=C)c1. The molecule has 23 heavy (non-hydrogen) atoms. The van der Waals surface area contributed by atoms with Crippen LogP contribution in [0.1, 0.15) is 0 Å². The molecule has 0 aliphatic carbocycles. The molecule has 4 heteroatoms. The third kappa shape index (κ3) is 3.26. The Kier molecular flexibility index (Phi) is 4.43. The van der Waals surface area contributed by atoms with Crippen LogP contribution in [-0.4, -0.2) is 23.2 Å². The second kappa shape index (κ2) is 6.83. The zero-order valence-electron chi connectivity index (χ0n) is 12.8. The van der Waals surface area contributed by atoms with Crippen LogP contribution in [0.5, 0.6) is 11.5 Å². The highest BCUT2D eigenvalue weighted by molar-refractivity contribution is 5.80. The third-order valence-corrected chi connectivity index (χ3v) is 3.32. The number of aromatic amines is 1. The molecule has 0 atom stereocenters. The highest BCUT2D eigenvalue weighted by Crippen LogP contribution is 2.33. The van der Waals surface area contributed by atoms with Crippen LogP contribution in [0.3, 0.4) is 0 Å². The van der Waals surface area contributed by atoms with Gasteiger partial charge in [-0.05, 0) is 24.3 Å². The molecule has 0 amide bonds. The number of fused-ring (bicyclic) bond motifs is 1. The minimum atomic E-state index is 0.415. The van der Waals surface area contributed by atoms with Crippen molar-refractivity contribution in [2.45, 2.75) is 0 Å². The summed E-state index contributed by atoms with van der Waals surface area (Å²) in [5.41, 5.74) is 2.79. The van der Waals surface area contributed by atoms with Crippen LogP contribution in [0.4, 0.5) is 0 Å². The summed E-state index contributed by atoms with van der Waals surface area (Å²) in [6.07, 6.45) is 3.41. The quantitative estimate of drug-likeness (QED) is 0.660. The molecule has 0 saturated carbocycles. The molecule has 116 valence electrons. The Balaban J connectivity index is 2.01. The van der Waals surface area contributed by atoms with Crippen molar-refractivity contribution in [1.82, 2.24) is 9.97 Å². The molecular weight excluding hydrogens is 288 g/mol. The molecule has 1 N–H and O–H groups in total. The highest BCUT2D eigenvalue weighted by Gasteiger charge is 2.12. The average molecular weight is 306 g/mol. The van der Waals surface area contributed by atoms with Crippen LogP contribution in [0.25, 0.3) is 22.4 Å². The zero-order chi connectivity index (χ0) is 16.1. The Morgan fingerprint density at radius 3 is 2.57 bits per heavy atom. The van der Waals surface area contributed by atoms with E-state index in [1.54, 1.807) is 12.2 Å². The molecule has 0 aliphatic rings. The van der Waals surface area contributed by atoms with Crippen molar-refractivity contribution in [3.05, 3.63) is 67.8 Å². The number of hydrogen-bond donors (Lipinski definition) is 1. The second-order valence-electron chi connectivity index (χ2n) is 4.96. The van der Waals surface area contributed by atoms with Crippen LogP contribution in [-0.2, 0) is 0 Å². The van der Waals surface area contributed by atoms with Crippen LogP contribution >= 0.6 is 0 Å². The lowest BCUT2D eigenvalue weighted by molar-refractivity contribution is 0.346. The Bertz CT molecular complexity index is 803. The van der Waals surface area contributed by atoms with Crippen molar-refractivity contribution in [2.24, 2.45) is 0 Å². The molecule has 0 aliphatic heterocycles. The molecule has 0 unspecified atom stereocenters. The van der Waals surface area contributed by atoms with E-state index in [0.717, 1.165) is 28.2 Å². The topological polar surface area (TPSA) is 47.1 Å². The fourth-order valence-electron chi connectivity index (χ4n) is 2.29. The van der Waals surface area contributed by atoms with Gasteiger partial charge in [-0.15, -0.1) is 0 Å². The van der Waals surface area contributed by atoms with Gasteiger partial charge in [-0.2, -0.15) is 0 Å². The summed E-state index contributed by atoms with van der Waals surface area (Å²) in [6, 6.07) is 13.6. The van der Waals surface area contributed by atoms with E-state index in [4.69, 9.17) is 9.47 Å². The lowest BCUT2D eigenvalue weighted by atomic mass is 10.2. The van der Waals surface area contributed by atoms with Crippen molar-refractivity contribution in [2.75, 3.05) is 13.2 Å². The maximum Gasteiger partial charge on any atom is 0.142 e. The number of para-hydroxylation sites is 2. The van der Waals surface area contributed by atoms with Gasteiger partial charge in [-0.1, -0.05) is 37.4 Å². The molecule has 0 radical (unpaired) electrons. The Hall–Kier alpha value is -3.01. The van der Waals surface area contributed by atoms with Gasteiger partial charge in [0.2, 0.25) is 0 Å². The first-order valence-electron chi connectivity index (χ1n) is 7.38. The number of hydrogen-bond acceptors (Lipinski definition) is 3. The first kappa shape index (κ1) is 14.9. The van der Waals surface area contributed by atoms with Gasteiger partial charge in [0.15, 0.2) is 0 Å². The molecular formula is C19H18N2O2. The van der Waals surface area contributed by atoms with Crippen LogP contribution in [0.2, 0.25) is 0 Å². The maximum absolute atomic E-state index is 5.77. The molecule has 0 spiro atoms. The molecule has 0 saturated heterocycles. The summed E-state index contributed by atoms with van der Waals surface area (Å²) in [7, 11) is 0. The Morgan fingerprint density at radius 2 is 1.78 bits per heavy atom. The largest absolute Gasteiger partial charge is 0.489 e. The maximum atomic E-state index is 5.77. The Labute approximate surface area is 135 Å². The van der Waals surface area contributed by atoms with Crippen molar-refractivity contribution >= 4 is 11.0 Å². The number of H-pyrrole nitrogens is 1. The van der Waals surface area contributed by atoms with E-state index < -0.39 is 0 Å². The predicted molar refractivity (Wildman–Crippen MR) is 92.9 cm³/mol. The van der Waals surface area contributed by atoms with E-state index in [9.17, 15) is 0 Å². The first-order valence-corrected chi connectivity index (χ1v) is 7.38. The van der Waals surface area contributed by atoms with Crippen molar-refractivity contribution in [3.63, 3.8) is 0 Å². The van der Waals surface area contributed by atoms with Gasteiger partial charge in [0.1, 0.15) is 30.5 Å². The van der Waals surface area contributed by atoms with Gasteiger partial charge in [-0.3, -0.25) is 0 Å². The molecule has 1 aromatic heterocycles. The molecule has 0 fully saturated rings. The molecule has 3 rings (SSSR count). The van der Waals surface area contributed by atoms with Crippen molar-refractivity contribution in [1.29, 1.82) is 0 Å². The van der Waals surface area contributed by atoms with E-state index in [1.165, 1.54) is 0 Å². The van der Waals surface area contributed by atoms with E-state index in [0.29, 0.717) is 19.0 Å². The highest BCUT2D eigenvalue weighted by atomic mass is 16.5. The van der Waals surface area contributed by atoms with Crippen LogP contribution in [0, 0.1) is 0 Å². The molecule has 0 bridgehead atoms. The summed E-state index contributed by atoms with van der Waals surface area (Å²) in [5.74, 6) is 2.19. The van der Waals surface area contributed by atoms with E-state index in [2.05, 4.69) is 23.1 Å². The fraction of sp³-hybridized carbons (Fsp3) is 0.105. The van der Waals surface area contributed by atoms with E-state index >= 15 is 0 Å². The van der Waals surface area contributed by atoms with Gasteiger partial charge in [0.25, 0.3) is 0 Å². The number of nitrogens with zero attached hydrogens (tertiary/aromatic N) is 1. The number of aromatic nitrogens is 2. The number of rotatable bonds is 7. The zero-order valence-corrected chi connectivity index (χ0v) is 12.8. The normalized spacial score (nSPS) is 10.4. The number of ether oxygens (including phenoxy) is 2.